The molecule has 76 heavy (non-hydrogen) atoms. The van der Waals surface area contributed by atoms with Crippen molar-refractivity contribution < 1.29 is 0 Å². The molecule has 12 aromatic carbocycles. The molecule has 0 aliphatic carbocycles. The number of aromatic nitrogens is 2. The van der Waals surface area contributed by atoms with Crippen LogP contribution in [0.1, 0.15) is 0 Å². The van der Waals surface area contributed by atoms with E-state index in [1.165, 1.54) is 96.2 Å². The smallest absolute Gasteiger partial charge is 0.180 e. The van der Waals surface area contributed by atoms with Crippen molar-refractivity contribution in [2.75, 3.05) is 0 Å². The van der Waals surface area contributed by atoms with Crippen molar-refractivity contribution in [3.05, 3.63) is 315 Å². The van der Waals surface area contributed by atoms with E-state index in [0.29, 0.717) is 0 Å². The molecule has 2 nitrogen and oxygen atoms in total. The van der Waals surface area contributed by atoms with E-state index in [1.54, 1.807) is 0 Å². The molecular weight excluding hydrogens is 949 g/mol. The first-order chi connectivity index (χ1) is 37.7. The molecule has 0 amide bonds. The van der Waals surface area contributed by atoms with Crippen LogP contribution in [-0.2, 0) is 0 Å². The van der Waals surface area contributed by atoms with Crippen LogP contribution < -0.4 is 41.5 Å². The number of hydrogen-bond donors (Lipinski definition) is 0. The minimum atomic E-state index is -3.06. The van der Waals surface area contributed by atoms with Crippen molar-refractivity contribution in [3.63, 3.8) is 0 Å². The van der Waals surface area contributed by atoms with E-state index in [-0.39, 0.29) is 0 Å². The van der Waals surface area contributed by atoms with E-state index in [4.69, 9.17) is 0 Å². The maximum absolute atomic E-state index is 3.06. The average molecular weight is 1000 g/mol. The summed E-state index contributed by atoms with van der Waals surface area (Å²) in [6, 6.07) is 118. The fourth-order valence-corrected chi connectivity index (χ4v) is 22.6. The van der Waals surface area contributed by atoms with Gasteiger partial charge in [-0.1, -0.05) is 273 Å². The summed E-state index contributed by atoms with van der Waals surface area (Å²) in [6.45, 7) is 0. The highest BCUT2D eigenvalue weighted by Crippen LogP contribution is 2.37. The molecule has 0 aliphatic rings. The van der Waals surface area contributed by atoms with Crippen LogP contribution in [0, 0.1) is 0 Å². The van der Waals surface area contributed by atoms with Crippen LogP contribution >= 0.6 is 0 Å². The van der Waals surface area contributed by atoms with Gasteiger partial charge in [0.25, 0.3) is 0 Å². The third kappa shape index (κ3) is 7.14. The van der Waals surface area contributed by atoms with Gasteiger partial charge in [-0.3, -0.25) is 0 Å². The Balaban J connectivity index is 1.03. The standard InChI is InChI=1S/C72H52N2Si2/c1-7-26-53(27-8-1)54-28-23-40-62(50-54)76(60-36-15-5-16-37-60,61-38-17-6-18-39-61)71-47-25-46-69-72(71)66-43-20-22-45-68(66)73(69)56-48-49-65-64-42-19-21-44-67(64)74(70(65)52-56)55-29-24-41-63(51-55)75(57-30-9-2-10-31-57,58-32-11-3-12-33-58)59-34-13-4-14-35-59/h1-52H. The molecule has 0 atom stereocenters. The van der Waals surface area contributed by atoms with Crippen molar-refractivity contribution >= 4 is 101 Å². The van der Waals surface area contributed by atoms with E-state index in [9.17, 15) is 0 Å². The van der Waals surface area contributed by atoms with Crippen LogP contribution in [0.5, 0.6) is 0 Å². The van der Waals surface area contributed by atoms with Gasteiger partial charge in [0.1, 0.15) is 0 Å². The van der Waals surface area contributed by atoms with Crippen molar-refractivity contribution in [3.8, 4) is 22.5 Å². The Bertz CT molecular complexity index is 4240. The first-order valence-electron chi connectivity index (χ1n) is 26.3. The van der Waals surface area contributed by atoms with Gasteiger partial charge >= 0.3 is 0 Å². The molecule has 0 spiro atoms. The summed E-state index contributed by atoms with van der Waals surface area (Å²) < 4.78 is 5.04. The first-order valence-corrected chi connectivity index (χ1v) is 30.3. The Kier molecular flexibility index (Phi) is 11.2. The lowest BCUT2D eigenvalue weighted by molar-refractivity contribution is 1.16. The van der Waals surface area contributed by atoms with E-state index >= 15 is 0 Å². The third-order valence-corrected chi connectivity index (χ3v) is 25.6. The lowest BCUT2D eigenvalue weighted by Crippen LogP contribution is -2.74. The summed E-state index contributed by atoms with van der Waals surface area (Å²) in [5, 5.41) is 15.8. The van der Waals surface area contributed by atoms with Crippen molar-refractivity contribution in [1.29, 1.82) is 0 Å². The summed E-state index contributed by atoms with van der Waals surface area (Å²) >= 11 is 0. The van der Waals surface area contributed by atoms with E-state index in [2.05, 4.69) is 325 Å². The fraction of sp³-hybridized carbons (Fsp3) is 0. The maximum atomic E-state index is 2.53. The molecule has 14 aromatic rings. The Morgan fingerprint density at radius 3 is 1.17 bits per heavy atom. The number of para-hydroxylation sites is 2. The highest BCUT2D eigenvalue weighted by Gasteiger charge is 2.44. The van der Waals surface area contributed by atoms with E-state index in [0.717, 1.165) is 11.4 Å². The second-order valence-electron chi connectivity index (χ2n) is 19.9. The Morgan fingerprint density at radius 2 is 0.592 bits per heavy atom. The van der Waals surface area contributed by atoms with Gasteiger partial charge in [-0.15, -0.1) is 0 Å². The zero-order chi connectivity index (χ0) is 50.5. The maximum Gasteiger partial charge on any atom is 0.180 e. The Hall–Kier alpha value is -9.33. The molecule has 0 bridgehead atoms. The van der Waals surface area contributed by atoms with Crippen molar-refractivity contribution in [2.45, 2.75) is 0 Å². The van der Waals surface area contributed by atoms with Crippen LogP contribution in [0.2, 0.25) is 0 Å². The van der Waals surface area contributed by atoms with Gasteiger partial charge in [-0.25, -0.2) is 0 Å². The van der Waals surface area contributed by atoms with Crippen LogP contribution in [0.4, 0.5) is 0 Å². The van der Waals surface area contributed by atoms with Crippen LogP contribution in [-0.4, -0.2) is 25.3 Å². The number of rotatable bonds is 11. The zero-order valence-electron chi connectivity index (χ0n) is 41.9. The molecular formula is C72H52N2Si2. The lowest BCUT2D eigenvalue weighted by Gasteiger charge is -2.35. The van der Waals surface area contributed by atoms with Gasteiger partial charge in [0.2, 0.25) is 0 Å². The molecule has 4 heteroatoms. The fourth-order valence-electron chi connectivity index (χ4n) is 12.8. The molecule has 0 unspecified atom stereocenters. The molecule has 0 saturated heterocycles. The molecule has 358 valence electrons. The summed E-state index contributed by atoms with van der Waals surface area (Å²) in [5.74, 6) is 0. The molecule has 2 aromatic heterocycles. The van der Waals surface area contributed by atoms with Gasteiger partial charge in [0.05, 0.1) is 22.1 Å². The highest BCUT2D eigenvalue weighted by molar-refractivity contribution is 7.21. The van der Waals surface area contributed by atoms with Gasteiger partial charge in [-0.2, -0.15) is 0 Å². The Morgan fingerprint density at radius 1 is 0.211 bits per heavy atom. The second-order valence-corrected chi connectivity index (χ2v) is 27.5. The highest BCUT2D eigenvalue weighted by atomic mass is 28.3. The van der Waals surface area contributed by atoms with E-state index in [1.807, 2.05) is 0 Å². The minimum Gasteiger partial charge on any atom is -0.309 e. The summed E-state index contributed by atoms with van der Waals surface area (Å²) in [6.07, 6.45) is 0. The zero-order valence-corrected chi connectivity index (χ0v) is 43.9. The molecule has 0 saturated carbocycles. The Labute approximate surface area is 445 Å². The largest absolute Gasteiger partial charge is 0.309 e. The predicted molar refractivity (Wildman–Crippen MR) is 328 cm³/mol. The normalized spacial score (nSPS) is 11.9. The molecule has 0 N–H and O–H groups in total. The van der Waals surface area contributed by atoms with Crippen molar-refractivity contribution in [2.24, 2.45) is 0 Å². The van der Waals surface area contributed by atoms with Crippen LogP contribution in [0.15, 0.2) is 315 Å². The van der Waals surface area contributed by atoms with Gasteiger partial charge in [0, 0.05) is 32.9 Å². The monoisotopic (exact) mass is 1000 g/mol. The predicted octanol–water partition coefficient (Wildman–Crippen LogP) is 12.3. The molecule has 0 fully saturated rings. The second kappa shape index (κ2) is 18.9. The number of nitrogens with zero attached hydrogens (tertiary/aromatic N) is 2. The first kappa shape index (κ1) is 45.3. The van der Waals surface area contributed by atoms with Crippen molar-refractivity contribution in [1.82, 2.24) is 9.13 Å². The van der Waals surface area contributed by atoms with E-state index < -0.39 is 16.1 Å². The summed E-state index contributed by atoms with van der Waals surface area (Å²) in [5.41, 5.74) is 9.42. The summed E-state index contributed by atoms with van der Waals surface area (Å²) in [7, 11) is -5.89. The third-order valence-electron chi connectivity index (χ3n) is 16.0. The topological polar surface area (TPSA) is 9.86 Å². The van der Waals surface area contributed by atoms with Crippen LogP contribution in [0.25, 0.3) is 66.1 Å². The quantitative estimate of drug-likeness (QED) is 0.0903. The minimum absolute atomic E-state index is 1.12. The number of fused-ring (bicyclic) bond motifs is 6. The molecule has 2 heterocycles. The average Bonchev–Trinajstić information content (AvgIpc) is 4.04. The van der Waals surface area contributed by atoms with Gasteiger partial charge in [0.15, 0.2) is 16.1 Å². The van der Waals surface area contributed by atoms with Gasteiger partial charge < -0.3 is 9.13 Å². The molecule has 14 rings (SSSR count). The lowest BCUT2D eigenvalue weighted by atomic mass is 10.1. The number of hydrogen-bond acceptors (Lipinski definition) is 0. The molecule has 0 radical (unpaired) electrons. The van der Waals surface area contributed by atoms with Crippen LogP contribution in [0.3, 0.4) is 0 Å². The number of benzene rings is 12. The summed E-state index contributed by atoms with van der Waals surface area (Å²) in [4.78, 5) is 0. The SMILES string of the molecule is c1ccc(-c2cccc([Si](c3ccccc3)(c3ccccc3)c3cccc4c3c3ccccc3n4-c3ccc4c5ccccc5n(-c5cccc([Si](c6ccccc6)(c6ccccc6)c6ccccc6)c5)c4c3)c2)cc1. The van der Waals surface area contributed by atoms with Gasteiger partial charge in [-0.05, 0) is 95.1 Å². The molecule has 0 aliphatic heterocycles.